The van der Waals surface area contributed by atoms with E-state index in [0.29, 0.717) is 23.7 Å². The van der Waals surface area contributed by atoms with Crippen LogP contribution < -0.4 is 9.80 Å². The number of para-hydroxylation sites is 2. The molecular weight excluding hydrogens is 893 g/mol. The molecule has 2 heteroatoms. The smallest absolute Gasteiger partial charge is 0.0543 e. The molecule has 0 unspecified atom stereocenters. The zero-order valence-electron chi connectivity index (χ0n) is 42.1. The van der Waals surface area contributed by atoms with Crippen LogP contribution in [0.25, 0.3) is 54.6 Å². The van der Waals surface area contributed by atoms with E-state index in [4.69, 9.17) is 0 Å². The van der Waals surface area contributed by atoms with Crippen molar-refractivity contribution in [3.05, 3.63) is 216 Å². The Balaban J connectivity index is 0.856. The van der Waals surface area contributed by atoms with Gasteiger partial charge in [0, 0.05) is 44.1 Å². The van der Waals surface area contributed by atoms with E-state index >= 15 is 0 Å². The molecule has 0 radical (unpaired) electrons. The molecule has 0 aliphatic heterocycles. The van der Waals surface area contributed by atoms with Gasteiger partial charge in [-0.2, -0.15) is 0 Å². The molecule has 0 heterocycles. The van der Waals surface area contributed by atoms with Crippen molar-refractivity contribution in [2.24, 2.45) is 47.3 Å². The summed E-state index contributed by atoms with van der Waals surface area (Å²) in [6.07, 6.45) is 14.0. The van der Waals surface area contributed by atoms with Crippen LogP contribution in [0.5, 0.6) is 0 Å². The van der Waals surface area contributed by atoms with E-state index in [2.05, 4.69) is 204 Å². The minimum atomic E-state index is 0.0958. The predicted molar refractivity (Wildman–Crippen MR) is 306 cm³/mol. The van der Waals surface area contributed by atoms with Crippen molar-refractivity contribution in [3.8, 4) is 22.3 Å². The second-order valence-corrected chi connectivity index (χ2v) is 24.8. The third kappa shape index (κ3) is 5.14. The molecule has 10 aliphatic rings. The van der Waals surface area contributed by atoms with Crippen LogP contribution in [-0.4, -0.2) is 0 Å². The Morgan fingerprint density at radius 1 is 0.284 bits per heavy atom. The monoisotopic (exact) mass is 952 g/mol. The first-order valence-electron chi connectivity index (χ1n) is 28.5. The summed E-state index contributed by atoms with van der Waals surface area (Å²) < 4.78 is 0. The van der Waals surface area contributed by atoms with Crippen molar-refractivity contribution >= 4 is 66.4 Å². The number of hydrogen-bond acceptors (Lipinski definition) is 2. The molecule has 358 valence electrons. The molecule has 8 saturated carbocycles. The molecule has 0 amide bonds. The molecular formula is C72H60N2. The van der Waals surface area contributed by atoms with Crippen molar-refractivity contribution in [3.63, 3.8) is 0 Å². The Morgan fingerprint density at radius 2 is 0.635 bits per heavy atom. The Bertz CT molecular complexity index is 3640. The van der Waals surface area contributed by atoms with E-state index in [1.807, 2.05) is 0 Å². The lowest BCUT2D eigenvalue weighted by atomic mass is 9.43. The third-order valence-electron chi connectivity index (χ3n) is 21.7. The molecule has 10 aromatic rings. The zero-order chi connectivity index (χ0) is 48.0. The first-order valence-corrected chi connectivity index (χ1v) is 28.5. The normalized spacial score (nSPS) is 28.9. The van der Waals surface area contributed by atoms with Crippen molar-refractivity contribution < 1.29 is 0 Å². The molecule has 0 aromatic heterocycles. The largest absolute Gasteiger partial charge is 0.309 e. The fourth-order valence-corrected chi connectivity index (χ4v) is 19.9. The summed E-state index contributed by atoms with van der Waals surface area (Å²) in [7, 11) is 0. The van der Waals surface area contributed by atoms with Crippen molar-refractivity contribution in [1.29, 1.82) is 0 Å². The number of hydrogen-bond donors (Lipinski definition) is 0. The van der Waals surface area contributed by atoms with Gasteiger partial charge < -0.3 is 9.80 Å². The van der Waals surface area contributed by atoms with Crippen LogP contribution in [0.4, 0.5) is 34.1 Å². The summed E-state index contributed by atoms with van der Waals surface area (Å²) in [5.74, 6) is 6.48. The fraction of sp³-hybridized carbons (Fsp3) is 0.278. The summed E-state index contributed by atoms with van der Waals surface area (Å²) in [5.41, 5.74) is 19.9. The lowest BCUT2D eigenvalue weighted by molar-refractivity contribution is -0.0399. The third-order valence-corrected chi connectivity index (χ3v) is 21.7. The minimum Gasteiger partial charge on any atom is -0.309 e. The van der Waals surface area contributed by atoms with Gasteiger partial charge in [-0.05, 0) is 215 Å². The van der Waals surface area contributed by atoms with Crippen LogP contribution in [0.15, 0.2) is 194 Å². The molecule has 8 fully saturated rings. The van der Waals surface area contributed by atoms with Gasteiger partial charge in [0.15, 0.2) is 0 Å². The van der Waals surface area contributed by atoms with E-state index in [1.54, 1.807) is 22.3 Å². The maximum Gasteiger partial charge on any atom is 0.0543 e. The standard InChI is InChI=1S/C72H60N2/c1-3-13-53(14-4-1)73(65-23-11-21-61-69(65)55-17-7-9-19-59(55)71(61)49-35-43-33-44(37-49)38-50(71)36-43)63-31-27-47-26-30-58-64(32-28-48-25-29-57(63)67(47)68(48)58)74(54-15-5-2-6-16-54)66-24-12-22-62-70(66)56-18-8-10-20-60(56)72(62)51-39-45-34-46(41-51)42-52(72)40-45/h1-32,43-46,49-52H,33-42H2. The van der Waals surface area contributed by atoms with Gasteiger partial charge >= 0.3 is 0 Å². The molecule has 74 heavy (non-hydrogen) atoms. The van der Waals surface area contributed by atoms with E-state index in [0.717, 1.165) is 23.7 Å². The van der Waals surface area contributed by atoms with Crippen LogP contribution in [0, 0.1) is 47.3 Å². The maximum absolute atomic E-state index is 2.64. The van der Waals surface area contributed by atoms with Crippen LogP contribution in [0.3, 0.4) is 0 Å². The van der Waals surface area contributed by atoms with E-state index in [9.17, 15) is 0 Å². The summed E-state index contributed by atoms with van der Waals surface area (Å²) in [6.45, 7) is 0. The number of nitrogens with zero attached hydrogens (tertiary/aromatic N) is 2. The molecule has 2 nitrogen and oxygen atoms in total. The van der Waals surface area contributed by atoms with Crippen molar-refractivity contribution in [2.75, 3.05) is 9.80 Å². The molecule has 10 aliphatic carbocycles. The fourth-order valence-electron chi connectivity index (χ4n) is 19.9. The minimum absolute atomic E-state index is 0.0958. The number of rotatable bonds is 6. The Morgan fingerprint density at radius 3 is 1.04 bits per heavy atom. The topological polar surface area (TPSA) is 6.48 Å². The van der Waals surface area contributed by atoms with Gasteiger partial charge in [0.1, 0.15) is 0 Å². The van der Waals surface area contributed by atoms with Gasteiger partial charge in [0.25, 0.3) is 0 Å². The summed E-state index contributed by atoms with van der Waals surface area (Å²) in [6, 6.07) is 76.0. The SMILES string of the molecule is c1ccc(N(c2cccc3c2-c2ccccc2C32C3CC4CC(C3)CC2C4)c2ccc3ccc4c(N(c5ccccc5)c5cccc6c5-c5ccccc5C65C6CC7CC(C6)CC5C7)ccc5ccc2c3c54)cc1. The first kappa shape index (κ1) is 41.2. The predicted octanol–water partition coefficient (Wildman–Crippen LogP) is 19.0. The highest BCUT2D eigenvalue weighted by Crippen LogP contribution is 2.72. The van der Waals surface area contributed by atoms with Crippen LogP contribution >= 0.6 is 0 Å². The zero-order valence-corrected chi connectivity index (χ0v) is 42.1. The number of anilines is 6. The molecule has 10 aromatic carbocycles. The lowest BCUT2D eigenvalue weighted by Crippen LogP contribution is -2.55. The van der Waals surface area contributed by atoms with Gasteiger partial charge in [-0.15, -0.1) is 0 Å². The molecule has 0 atom stereocenters. The van der Waals surface area contributed by atoms with Crippen LogP contribution in [0.1, 0.15) is 86.5 Å². The number of benzene rings is 10. The Kier molecular flexibility index (Phi) is 8.23. The van der Waals surface area contributed by atoms with Gasteiger partial charge in [-0.1, -0.05) is 146 Å². The quantitative estimate of drug-likeness (QED) is 0.153. The summed E-state index contributed by atoms with van der Waals surface area (Å²) in [4.78, 5) is 5.27. The average Bonchev–Trinajstić information content (AvgIpc) is 4.03. The summed E-state index contributed by atoms with van der Waals surface area (Å²) >= 11 is 0. The summed E-state index contributed by atoms with van der Waals surface area (Å²) in [5, 5.41) is 7.84. The molecule has 2 spiro atoms. The van der Waals surface area contributed by atoms with Gasteiger partial charge in [-0.3, -0.25) is 0 Å². The highest BCUT2D eigenvalue weighted by molar-refractivity contribution is 6.28. The van der Waals surface area contributed by atoms with Gasteiger partial charge in [0.05, 0.1) is 22.7 Å². The molecule has 20 rings (SSSR count). The molecule has 0 N–H and O–H groups in total. The second kappa shape index (κ2) is 14.8. The number of fused-ring (bicyclic) bond motifs is 6. The van der Waals surface area contributed by atoms with Crippen molar-refractivity contribution in [1.82, 2.24) is 0 Å². The van der Waals surface area contributed by atoms with Gasteiger partial charge in [-0.25, -0.2) is 0 Å². The average molecular weight is 953 g/mol. The Labute approximate surface area is 435 Å². The molecule has 8 bridgehead atoms. The van der Waals surface area contributed by atoms with Crippen LogP contribution in [-0.2, 0) is 10.8 Å². The Hall–Kier alpha value is -7.16. The lowest BCUT2D eigenvalue weighted by Gasteiger charge is -2.61. The second-order valence-electron chi connectivity index (χ2n) is 24.8. The van der Waals surface area contributed by atoms with E-state index in [-0.39, 0.29) is 10.8 Å². The highest BCUT2D eigenvalue weighted by Gasteiger charge is 2.63. The highest BCUT2D eigenvalue weighted by atomic mass is 15.2. The van der Waals surface area contributed by atoms with E-state index in [1.165, 1.54) is 153 Å². The van der Waals surface area contributed by atoms with Crippen molar-refractivity contribution in [2.45, 2.75) is 75.0 Å². The molecule has 0 saturated heterocycles. The maximum atomic E-state index is 2.64. The first-order chi connectivity index (χ1) is 36.6. The van der Waals surface area contributed by atoms with Gasteiger partial charge in [0.2, 0.25) is 0 Å². The van der Waals surface area contributed by atoms with Crippen LogP contribution in [0.2, 0.25) is 0 Å². The van der Waals surface area contributed by atoms with E-state index < -0.39 is 0 Å².